The summed E-state index contributed by atoms with van der Waals surface area (Å²) in [6.07, 6.45) is 5.92. The van der Waals surface area contributed by atoms with E-state index in [9.17, 15) is 4.79 Å². The number of nitrogens with zero attached hydrogens (tertiary/aromatic N) is 3. The summed E-state index contributed by atoms with van der Waals surface area (Å²) in [5.41, 5.74) is 1.67. The number of hydrogen-bond donors (Lipinski definition) is 1. The summed E-state index contributed by atoms with van der Waals surface area (Å²) in [5, 5.41) is 6.79. The molecule has 114 valence electrons. The summed E-state index contributed by atoms with van der Waals surface area (Å²) in [4.78, 5) is 16.2. The third-order valence-electron chi connectivity index (χ3n) is 3.53. The van der Waals surface area contributed by atoms with Crippen molar-refractivity contribution in [1.29, 1.82) is 0 Å². The van der Waals surface area contributed by atoms with Gasteiger partial charge < -0.3 is 14.4 Å². The molecule has 6 nitrogen and oxygen atoms in total. The highest BCUT2D eigenvalue weighted by Crippen LogP contribution is 2.12. The number of aryl methyl sites for hydroxylation is 4. The predicted octanol–water partition coefficient (Wildman–Crippen LogP) is 1.80. The van der Waals surface area contributed by atoms with Gasteiger partial charge in [0.15, 0.2) is 0 Å². The molecule has 0 bridgehead atoms. The van der Waals surface area contributed by atoms with Gasteiger partial charge in [0, 0.05) is 37.5 Å². The second-order valence-electron chi connectivity index (χ2n) is 5.07. The maximum absolute atomic E-state index is 11.9. The Morgan fingerprint density at radius 2 is 2.24 bits per heavy atom. The Balaban J connectivity index is 1.73. The number of nitrogens with one attached hydrogen (secondary N) is 1. The van der Waals surface area contributed by atoms with Crippen LogP contribution >= 0.6 is 0 Å². The molecule has 0 saturated heterocycles. The van der Waals surface area contributed by atoms with Gasteiger partial charge in [-0.1, -0.05) is 12.1 Å². The Morgan fingerprint density at radius 3 is 2.90 bits per heavy atom. The fourth-order valence-corrected chi connectivity index (χ4v) is 2.31. The SMILES string of the molecule is CCc1nccn1CCCNC(=O)Cc1c(C)noc1C. The fraction of sp³-hybridized carbons (Fsp3) is 0.533. The van der Waals surface area contributed by atoms with Crippen molar-refractivity contribution in [3.05, 3.63) is 35.2 Å². The van der Waals surface area contributed by atoms with Gasteiger partial charge in [0.25, 0.3) is 0 Å². The molecule has 0 fully saturated rings. The van der Waals surface area contributed by atoms with Crippen molar-refractivity contribution in [3.63, 3.8) is 0 Å². The average molecular weight is 290 g/mol. The van der Waals surface area contributed by atoms with Crippen LogP contribution in [0.15, 0.2) is 16.9 Å². The van der Waals surface area contributed by atoms with E-state index in [1.165, 1.54) is 0 Å². The molecule has 0 saturated carbocycles. The molecule has 2 aromatic rings. The highest BCUT2D eigenvalue weighted by molar-refractivity contribution is 5.78. The average Bonchev–Trinajstić information content (AvgIpc) is 3.05. The Kier molecular flexibility index (Phi) is 5.14. The molecule has 2 heterocycles. The van der Waals surface area contributed by atoms with Gasteiger partial charge in [0.1, 0.15) is 11.6 Å². The minimum absolute atomic E-state index is 0.00532. The third-order valence-corrected chi connectivity index (χ3v) is 3.53. The standard InChI is InChI=1S/C15H22N4O2/c1-4-14-16-7-9-19(14)8-5-6-17-15(20)10-13-11(2)18-21-12(13)3/h7,9H,4-6,8,10H2,1-3H3,(H,17,20). The van der Waals surface area contributed by atoms with Crippen LogP contribution in [0.4, 0.5) is 0 Å². The van der Waals surface area contributed by atoms with Crippen molar-refractivity contribution >= 4 is 5.91 Å². The Hall–Kier alpha value is -2.11. The van der Waals surface area contributed by atoms with Gasteiger partial charge in [-0.05, 0) is 20.3 Å². The second kappa shape index (κ2) is 7.06. The first kappa shape index (κ1) is 15.3. The van der Waals surface area contributed by atoms with Crippen molar-refractivity contribution in [2.45, 2.75) is 46.6 Å². The van der Waals surface area contributed by atoms with Gasteiger partial charge in [-0.15, -0.1) is 0 Å². The van der Waals surface area contributed by atoms with E-state index in [1.807, 2.05) is 26.2 Å². The van der Waals surface area contributed by atoms with Gasteiger partial charge in [-0.2, -0.15) is 0 Å². The van der Waals surface area contributed by atoms with E-state index < -0.39 is 0 Å². The molecule has 0 aliphatic heterocycles. The monoisotopic (exact) mass is 290 g/mol. The lowest BCUT2D eigenvalue weighted by molar-refractivity contribution is -0.120. The van der Waals surface area contributed by atoms with Crippen molar-refractivity contribution in [2.75, 3.05) is 6.54 Å². The van der Waals surface area contributed by atoms with Crippen LogP contribution in [-0.2, 0) is 24.2 Å². The maximum Gasteiger partial charge on any atom is 0.224 e. The van der Waals surface area contributed by atoms with Crippen LogP contribution in [-0.4, -0.2) is 27.2 Å². The van der Waals surface area contributed by atoms with Gasteiger partial charge in [-0.25, -0.2) is 4.98 Å². The lowest BCUT2D eigenvalue weighted by atomic mass is 10.1. The first-order valence-corrected chi connectivity index (χ1v) is 7.30. The smallest absolute Gasteiger partial charge is 0.224 e. The molecular weight excluding hydrogens is 268 g/mol. The topological polar surface area (TPSA) is 73.0 Å². The molecule has 0 spiro atoms. The number of rotatable bonds is 7. The summed E-state index contributed by atoms with van der Waals surface area (Å²) in [6.45, 7) is 7.29. The first-order valence-electron chi connectivity index (χ1n) is 7.30. The molecule has 0 aromatic carbocycles. The van der Waals surface area contributed by atoms with E-state index in [2.05, 4.69) is 26.9 Å². The van der Waals surface area contributed by atoms with Crippen LogP contribution in [0.3, 0.4) is 0 Å². The third kappa shape index (κ3) is 3.93. The summed E-state index contributed by atoms with van der Waals surface area (Å²) in [7, 11) is 0. The van der Waals surface area contributed by atoms with Gasteiger partial charge >= 0.3 is 0 Å². The van der Waals surface area contributed by atoms with Crippen LogP contribution in [0.1, 0.15) is 36.2 Å². The molecule has 6 heteroatoms. The zero-order chi connectivity index (χ0) is 15.2. The molecule has 0 radical (unpaired) electrons. The highest BCUT2D eigenvalue weighted by atomic mass is 16.5. The normalized spacial score (nSPS) is 10.8. The number of carbonyl (C=O) groups excluding carboxylic acids is 1. The number of carbonyl (C=O) groups is 1. The van der Waals surface area contributed by atoms with Gasteiger partial charge in [-0.3, -0.25) is 4.79 Å². The summed E-state index contributed by atoms with van der Waals surface area (Å²) >= 11 is 0. The van der Waals surface area contributed by atoms with Crippen LogP contribution in [0.5, 0.6) is 0 Å². The molecule has 1 N–H and O–H groups in total. The summed E-state index contributed by atoms with van der Waals surface area (Å²) < 4.78 is 7.18. The van der Waals surface area contributed by atoms with E-state index in [0.717, 1.165) is 36.5 Å². The first-order chi connectivity index (χ1) is 10.1. The quantitative estimate of drug-likeness (QED) is 0.789. The van der Waals surface area contributed by atoms with Crippen molar-refractivity contribution < 1.29 is 9.32 Å². The summed E-state index contributed by atoms with van der Waals surface area (Å²) in [6, 6.07) is 0. The van der Waals surface area contributed by atoms with Crippen LogP contribution < -0.4 is 5.32 Å². The minimum Gasteiger partial charge on any atom is -0.361 e. The fourth-order valence-electron chi connectivity index (χ4n) is 2.31. The largest absolute Gasteiger partial charge is 0.361 e. The molecule has 0 aliphatic rings. The van der Waals surface area contributed by atoms with Crippen LogP contribution in [0.2, 0.25) is 0 Å². The Morgan fingerprint density at radius 1 is 1.43 bits per heavy atom. The summed E-state index contributed by atoms with van der Waals surface area (Å²) in [5.74, 6) is 1.80. The van der Waals surface area contributed by atoms with E-state index in [4.69, 9.17) is 4.52 Å². The predicted molar refractivity (Wildman–Crippen MR) is 78.9 cm³/mol. The number of hydrogen-bond acceptors (Lipinski definition) is 4. The van der Waals surface area contributed by atoms with Gasteiger partial charge in [0.05, 0.1) is 12.1 Å². The molecule has 0 atom stereocenters. The molecule has 2 rings (SSSR count). The zero-order valence-electron chi connectivity index (χ0n) is 12.8. The number of amides is 1. The maximum atomic E-state index is 11.9. The lowest BCUT2D eigenvalue weighted by Crippen LogP contribution is -2.27. The number of imidazole rings is 1. The van der Waals surface area contributed by atoms with E-state index >= 15 is 0 Å². The van der Waals surface area contributed by atoms with Crippen molar-refractivity contribution in [2.24, 2.45) is 0 Å². The Labute approximate surface area is 124 Å². The lowest BCUT2D eigenvalue weighted by Gasteiger charge is -2.08. The van der Waals surface area contributed by atoms with E-state index in [-0.39, 0.29) is 5.91 Å². The number of aromatic nitrogens is 3. The van der Waals surface area contributed by atoms with Crippen molar-refractivity contribution in [1.82, 2.24) is 20.0 Å². The van der Waals surface area contributed by atoms with Crippen LogP contribution in [0, 0.1) is 13.8 Å². The molecule has 1 amide bonds. The highest BCUT2D eigenvalue weighted by Gasteiger charge is 2.12. The van der Waals surface area contributed by atoms with Gasteiger partial charge in [0.2, 0.25) is 5.91 Å². The molecule has 21 heavy (non-hydrogen) atoms. The molecule has 0 unspecified atom stereocenters. The van der Waals surface area contributed by atoms with Crippen molar-refractivity contribution in [3.8, 4) is 0 Å². The Bertz CT molecular complexity index is 581. The molecule has 2 aromatic heterocycles. The van der Waals surface area contributed by atoms with E-state index in [1.54, 1.807) is 0 Å². The molecular formula is C15H22N4O2. The minimum atomic E-state index is 0.00532. The molecule has 0 aliphatic carbocycles. The zero-order valence-corrected chi connectivity index (χ0v) is 12.8. The second-order valence-corrected chi connectivity index (χ2v) is 5.07. The van der Waals surface area contributed by atoms with E-state index in [0.29, 0.717) is 18.7 Å². The van der Waals surface area contributed by atoms with Crippen LogP contribution in [0.25, 0.3) is 0 Å².